The number of hydrogen-bond acceptors (Lipinski definition) is 3. The second-order valence-corrected chi connectivity index (χ2v) is 6.73. The highest BCUT2D eigenvalue weighted by molar-refractivity contribution is 7.10. The van der Waals surface area contributed by atoms with Gasteiger partial charge in [-0.05, 0) is 35.9 Å². The van der Waals surface area contributed by atoms with Crippen molar-refractivity contribution < 1.29 is 9.18 Å². The van der Waals surface area contributed by atoms with Gasteiger partial charge < -0.3 is 0 Å². The van der Waals surface area contributed by atoms with E-state index < -0.39 is 6.04 Å². The Morgan fingerprint density at radius 2 is 2.18 bits per heavy atom. The Morgan fingerprint density at radius 3 is 2.95 bits per heavy atom. The highest BCUT2D eigenvalue weighted by atomic mass is 32.1. The summed E-state index contributed by atoms with van der Waals surface area (Å²) in [5.41, 5.74) is 1.79. The molecular formula is C18H20FNOS. The predicted molar refractivity (Wildman–Crippen MR) is 87.5 cm³/mol. The number of carbonyl (C=O) groups is 1. The zero-order valence-corrected chi connectivity index (χ0v) is 13.5. The molecule has 1 aromatic heterocycles. The summed E-state index contributed by atoms with van der Waals surface area (Å²) in [6, 6.07) is 8.33. The second kappa shape index (κ2) is 6.71. The minimum Gasteiger partial charge on any atom is -0.298 e. The maximum absolute atomic E-state index is 14.3. The number of benzene rings is 1. The van der Waals surface area contributed by atoms with E-state index in [0.29, 0.717) is 12.0 Å². The van der Waals surface area contributed by atoms with E-state index in [4.69, 9.17) is 0 Å². The Hall–Kier alpha value is -1.52. The predicted octanol–water partition coefficient (Wildman–Crippen LogP) is 4.36. The van der Waals surface area contributed by atoms with E-state index in [1.807, 2.05) is 13.0 Å². The number of hydrogen-bond donors (Lipinski definition) is 0. The van der Waals surface area contributed by atoms with Crippen LogP contribution in [-0.4, -0.2) is 17.2 Å². The van der Waals surface area contributed by atoms with Crippen LogP contribution in [0.25, 0.3) is 0 Å². The van der Waals surface area contributed by atoms with Gasteiger partial charge in [-0.15, -0.1) is 11.3 Å². The lowest BCUT2D eigenvalue weighted by Gasteiger charge is -2.34. The van der Waals surface area contributed by atoms with Gasteiger partial charge in [0, 0.05) is 30.0 Å². The number of rotatable bonds is 5. The third kappa shape index (κ3) is 2.99. The topological polar surface area (TPSA) is 20.3 Å². The van der Waals surface area contributed by atoms with E-state index in [2.05, 4.69) is 16.3 Å². The standard InChI is InChI=1S/C18H20FNOS/c1-2-5-16(21)18(14-6-3-4-7-15(14)19)20-10-8-17-13(12-20)9-11-22-17/h3-4,6-7,9,11,18H,2,5,8,10,12H2,1H3. The molecular weight excluding hydrogens is 297 g/mol. The molecule has 0 N–H and O–H groups in total. The Labute approximate surface area is 134 Å². The Morgan fingerprint density at radius 1 is 1.36 bits per heavy atom. The van der Waals surface area contributed by atoms with E-state index in [-0.39, 0.29) is 11.6 Å². The van der Waals surface area contributed by atoms with Crippen LogP contribution in [0, 0.1) is 5.82 Å². The van der Waals surface area contributed by atoms with Crippen LogP contribution >= 0.6 is 11.3 Å². The molecule has 116 valence electrons. The number of halogens is 1. The Kier molecular flexibility index (Phi) is 4.69. The molecule has 0 amide bonds. The number of ketones is 1. The number of nitrogens with zero attached hydrogens (tertiary/aromatic N) is 1. The maximum atomic E-state index is 14.3. The lowest BCUT2D eigenvalue weighted by Crippen LogP contribution is -2.38. The normalized spacial score (nSPS) is 16.3. The van der Waals surface area contributed by atoms with Crippen LogP contribution in [-0.2, 0) is 17.8 Å². The number of fused-ring (bicyclic) bond motifs is 1. The van der Waals surface area contributed by atoms with Crippen molar-refractivity contribution in [3.05, 3.63) is 57.5 Å². The molecule has 2 nitrogen and oxygen atoms in total. The van der Waals surface area contributed by atoms with Crippen molar-refractivity contribution in [3.8, 4) is 0 Å². The molecule has 3 rings (SSSR count). The fourth-order valence-corrected chi connectivity index (χ4v) is 4.03. The zero-order chi connectivity index (χ0) is 15.5. The maximum Gasteiger partial charge on any atom is 0.154 e. The molecule has 0 radical (unpaired) electrons. The zero-order valence-electron chi connectivity index (χ0n) is 12.7. The second-order valence-electron chi connectivity index (χ2n) is 5.73. The first kappa shape index (κ1) is 15.4. The smallest absolute Gasteiger partial charge is 0.154 e. The summed E-state index contributed by atoms with van der Waals surface area (Å²) in [7, 11) is 0. The van der Waals surface area contributed by atoms with Gasteiger partial charge in [-0.25, -0.2) is 4.39 Å². The molecule has 1 aliphatic heterocycles. The van der Waals surface area contributed by atoms with Gasteiger partial charge in [0.1, 0.15) is 5.82 Å². The van der Waals surface area contributed by atoms with Crippen molar-refractivity contribution in [1.29, 1.82) is 0 Å². The first-order valence-corrected chi connectivity index (χ1v) is 8.65. The van der Waals surface area contributed by atoms with Crippen LogP contribution in [0.2, 0.25) is 0 Å². The van der Waals surface area contributed by atoms with Gasteiger partial charge in [-0.1, -0.05) is 25.1 Å². The van der Waals surface area contributed by atoms with E-state index in [9.17, 15) is 9.18 Å². The van der Waals surface area contributed by atoms with Gasteiger partial charge in [0.15, 0.2) is 5.78 Å². The van der Waals surface area contributed by atoms with Crippen LogP contribution in [0.3, 0.4) is 0 Å². The molecule has 1 unspecified atom stereocenters. The molecule has 0 saturated heterocycles. The quantitative estimate of drug-likeness (QED) is 0.817. The van der Waals surface area contributed by atoms with Gasteiger partial charge in [0.25, 0.3) is 0 Å². The van der Waals surface area contributed by atoms with Gasteiger partial charge in [0.05, 0.1) is 6.04 Å². The summed E-state index contributed by atoms with van der Waals surface area (Å²) in [6.45, 7) is 3.53. The van der Waals surface area contributed by atoms with Crippen molar-refractivity contribution in [2.75, 3.05) is 6.54 Å². The average molecular weight is 317 g/mol. The molecule has 0 bridgehead atoms. The van der Waals surface area contributed by atoms with Crippen LogP contribution in [0.15, 0.2) is 35.7 Å². The third-order valence-electron chi connectivity index (χ3n) is 4.20. The van der Waals surface area contributed by atoms with Crippen molar-refractivity contribution in [1.82, 2.24) is 4.90 Å². The summed E-state index contributed by atoms with van der Waals surface area (Å²) >= 11 is 1.77. The van der Waals surface area contributed by atoms with Crippen molar-refractivity contribution >= 4 is 17.1 Å². The largest absolute Gasteiger partial charge is 0.298 e. The Bertz CT molecular complexity index is 667. The average Bonchev–Trinajstić information content (AvgIpc) is 2.97. The molecule has 22 heavy (non-hydrogen) atoms. The van der Waals surface area contributed by atoms with Crippen LogP contribution in [0.4, 0.5) is 4.39 Å². The molecule has 4 heteroatoms. The van der Waals surface area contributed by atoms with Crippen LogP contribution in [0.1, 0.15) is 41.8 Å². The first-order chi connectivity index (χ1) is 10.7. The molecule has 0 fully saturated rings. The third-order valence-corrected chi connectivity index (χ3v) is 5.23. The summed E-state index contributed by atoms with van der Waals surface area (Å²) in [5.74, 6) is -0.167. The number of thiophene rings is 1. The SMILES string of the molecule is CCCC(=O)C(c1ccccc1F)N1CCc2sccc2C1. The van der Waals surface area contributed by atoms with Crippen LogP contribution in [0.5, 0.6) is 0 Å². The van der Waals surface area contributed by atoms with Gasteiger partial charge in [-0.2, -0.15) is 0 Å². The summed E-state index contributed by atoms with van der Waals surface area (Å²) in [5, 5.41) is 2.10. The molecule has 1 aromatic carbocycles. The highest BCUT2D eigenvalue weighted by Crippen LogP contribution is 2.32. The molecule has 2 heterocycles. The van der Waals surface area contributed by atoms with Crippen molar-refractivity contribution in [2.45, 2.75) is 38.8 Å². The van der Waals surface area contributed by atoms with E-state index in [1.54, 1.807) is 23.5 Å². The monoisotopic (exact) mass is 317 g/mol. The van der Waals surface area contributed by atoms with Crippen molar-refractivity contribution in [3.63, 3.8) is 0 Å². The molecule has 1 aliphatic rings. The minimum absolute atomic E-state index is 0.117. The minimum atomic E-state index is -0.464. The van der Waals surface area contributed by atoms with Gasteiger partial charge in [-0.3, -0.25) is 9.69 Å². The van der Waals surface area contributed by atoms with Gasteiger partial charge >= 0.3 is 0 Å². The number of carbonyl (C=O) groups excluding carboxylic acids is 1. The molecule has 2 aromatic rings. The summed E-state index contributed by atoms with van der Waals surface area (Å²) in [4.78, 5) is 16.2. The lowest BCUT2D eigenvalue weighted by atomic mass is 9.95. The molecule has 1 atom stereocenters. The fraction of sp³-hybridized carbons (Fsp3) is 0.389. The Balaban J connectivity index is 1.93. The van der Waals surface area contributed by atoms with Gasteiger partial charge in [0.2, 0.25) is 0 Å². The summed E-state index contributed by atoms with van der Waals surface area (Å²) < 4.78 is 14.3. The summed E-state index contributed by atoms with van der Waals surface area (Å²) in [6.07, 6.45) is 2.23. The van der Waals surface area contributed by atoms with E-state index in [1.165, 1.54) is 16.5 Å². The first-order valence-electron chi connectivity index (χ1n) is 7.77. The molecule has 0 aliphatic carbocycles. The highest BCUT2D eigenvalue weighted by Gasteiger charge is 2.31. The van der Waals surface area contributed by atoms with Crippen molar-refractivity contribution in [2.24, 2.45) is 0 Å². The van der Waals surface area contributed by atoms with E-state index >= 15 is 0 Å². The molecule has 0 saturated carbocycles. The number of Topliss-reactive ketones (excluding diaryl/α,β-unsaturated/α-hetero) is 1. The van der Waals surface area contributed by atoms with Crippen LogP contribution < -0.4 is 0 Å². The fourth-order valence-electron chi connectivity index (χ4n) is 3.14. The van der Waals surface area contributed by atoms with E-state index in [0.717, 1.165) is 25.9 Å². The molecule has 0 spiro atoms. The lowest BCUT2D eigenvalue weighted by molar-refractivity contribution is -0.125.